The number of carbonyl (C=O) groups is 2. The van der Waals surface area contributed by atoms with Gasteiger partial charge in [-0.1, -0.05) is 6.07 Å². The first-order chi connectivity index (χ1) is 12.0. The van der Waals surface area contributed by atoms with Crippen molar-refractivity contribution < 1.29 is 18.4 Å². The molecule has 0 aliphatic rings. The molecule has 25 heavy (non-hydrogen) atoms. The van der Waals surface area contributed by atoms with Crippen LogP contribution in [0.4, 0.5) is 8.78 Å². The Kier molecular flexibility index (Phi) is 7.06. The smallest absolute Gasteiger partial charge is 0.254 e. The third-order valence-corrected chi connectivity index (χ3v) is 4.55. The molecule has 0 fully saturated rings. The van der Waals surface area contributed by atoms with Gasteiger partial charge in [0.1, 0.15) is 11.6 Å². The summed E-state index contributed by atoms with van der Waals surface area (Å²) in [7, 11) is 0. The Morgan fingerprint density at radius 2 is 2.04 bits per heavy atom. The quantitative estimate of drug-likeness (QED) is 0.726. The Hall–Kier alpha value is -2.28. The molecular weight excluding hydrogens is 346 g/mol. The molecule has 0 atom stereocenters. The summed E-state index contributed by atoms with van der Waals surface area (Å²) in [6.07, 6.45) is 0.750. The fourth-order valence-electron chi connectivity index (χ4n) is 2.34. The first kappa shape index (κ1) is 19.1. The normalized spacial score (nSPS) is 10.5. The number of carbonyl (C=O) groups excluding carboxylic acids is 2. The van der Waals surface area contributed by atoms with Crippen molar-refractivity contribution in [2.75, 3.05) is 13.1 Å². The van der Waals surface area contributed by atoms with E-state index in [0.717, 1.165) is 17.0 Å². The van der Waals surface area contributed by atoms with E-state index in [1.807, 2.05) is 24.4 Å². The second kappa shape index (κ2) is 9.27. The number of rotatable bonds is 8. The van der Waals surface area contributed by atoms with Gasteiger partial charge in [-0.05, 0) is 36.9 Å². The Morgan fingerprint density at radius 1 is 1.24 bits per heavy atom. The number of halogens is 2. The van der Waals surface area contributed by atoms with Crippen LogP contribution in [0.25, 0.3) is 0 Å². The number of nitrogens with one attached hydrogen (secondary N) is 1. The van der Waals surface area contributed by atoms with Crippen LogP contribution in [0.15, 0.2) is 35.7 Å². The molecule has 1 aromatic carbocycles. The monoisotopic (exact) mass is 366 g/mol. The van der Waals surface area contributed by atoms with Gasteiger partial charge >= 0.3 is 0 Å². The van der Waals surface area contributed by atoms with E-state index in [9.17, 15) is 18.4 Å². The lowest BCUT2D eigenvalue weighted by Crippen LogP contribution is -2.31. The SMILES string of the molecule is CCN(Cc1cccs1)C(=O)CCCNC(=O)c1ccc(F)cc1F. The summed E-state index contributed by atoms with van der Waals surface area (Å²) < 4.78 is 26.3. The molecule has 0 saturated heterocycles. The third-order valence-electron chi connectivity index (χ3n) is 3.69. The zero-order valence-electron chi connectivity index (χ0n) is 13.9. The molecule has 1 N–H and O–H groups in total. The van der Waals surface area contributed by atoms with Crippen LogP contribution in [-0.4, -0.2) is 29.8 Å². The highest BCUT2D eigenvalue weighted by molar-refractivity contribution is 7.09. The maximum Gasteiger partial charge on any atom is 0.254 e. The summed E-state index contributed by atoms with van der Waals surface area (Å²) in [5, 5.41) is 4.52. The van der Waals surface area contributed by atoms with Crippen LogP contribution < -0.4 is 5.32 Å². The molecular formula is C18H20F2N2O2S. The van der Waals surface area contributed by atoms with E-state index in [0.29, 0.717) is 32.0 Å². The first-order valence-corrected chi connectivity index (χ1v) is 8.92. The number of hydrogen-bond acceptors (Lipinski definition) is 3. The second-order valence-corrected chi connectivity index (χ2v) is 6.50. The highest BCUT2D eigenvalue weighted by Crippen LogP contribution is 2.13. The van der Waals surface area contributed by atoms with Crippen molar-refractivity contribution in [2.45, 2.75) is 26.3 Å². The van der Waals surface area contributed by atoms with E-state index in [1.165, 1.54) is 0 Å². The fraction of sp³-hybridized carbons (Fsp3) is 0.333. The van der Waals surface area contributed by atoms with Crippen LogP contribution in [0.3, 0.4) is 0 Å². The summed E-state index contributed by atoms with van der Waals surface area (Å²) in [6.45, 7) is 3.37. The maximum absolute atomic E-state index is 13.5. The Labute approximate surface area is 149 Å². The zero-order valence-corrected chi connectivity index (χ0v) is 14.7. The van der Waals surface area contributed by atoms with Gasteiger partial charge in [-0.2, -0.15) is 0 Å². The predicted octanol–water partition coefficient (Wildman–Crippen LogP) is 3.59. The third kappa shape index (κ3) is 5.63. The van der Waals surface area contributed by atoms with E-state index in [1.54, 1.807) is 16.2 Å². The summed E-state index contributed by atoms with van der Waals surface area (Å²) in [4.78, 5) is 27.0. The van der Waals surface area contributed by atoms with Crippen LogP contribution in [-0.2, 0) is 11.3 Å². The van der Waals surface area contributed by atoms with E-state index in [2.05, 4.69) is 5.32 Å². The van der Waals surface area contributed by atoms with Gasteiger partial charge in [0.2, 0.25) is 5.91 Å². The molecule has 0 spiro atoms. The molecule has 1 aromatic heterocycles. The average Bonchev–Trinajstić information content (AvgIpc) is 3.09. The Morgan fingerprint density at radius 3 is 2.68 bits per heavy atom. The van der Waals surface area contributed by atoms with Crippen LogP contribution in [0, 0.1) is 11.6 Å². The molecule has 0 aliphatic carbocycles. The van der Waals surface area contributed by atoms with Crippen molar-refractivity contribution in [3.8, 4) is 0 Å². The second-order valence-electron chi connectivity index (χ2n) is 5.47. The van der Waals surface area contributed by atoms with Gasteiger partial charge in [0.25, 0.3) is 5.91 Å². The van der Waals surface area contributed by atoms with Crippen molar-refractivity contribution in [1.29, 1.82) is 0 Å². The number of thiophene rings is 1. The summed E-state index contributed by atoms with van der Waals surface area (Å²) in [5.41, 5.74) is -0.208. The molecule has 0 aliphatic heterocycles. The molecule has 1 heterocycles. The standard InChI is InChI=1S/C18H20F2N2O2S/c1-2-22(12-14-5-4-10-25-14)17(23)6-3-9-21-18(24)15-8-7-13(19)11-16(15)20/h4-5,7-8,10-11H,2-3,6,9,12H2,1H3,(H,21,24). The summed E-state index contributed by atoms with van der Waals surface area (Å²) in [6, 6.07) is 6.73. The number of benzene rings is 1. The highest BCUT2D eigenvalue weighted by atomic mass is 32.1. The van der Waals surface area contributed by atoms with Crippen molar-refractivity contribution in [1.82, 2.24) is 10.2 Å². The molecule has 134 valence electrons. The topological polar surface area (TPSA) is 49.4 Å². The van der Waals surface area contributed by atoms with Crippen molar-refractivity contribution in [3.63, 3.8) is 0 Å². The van der Waals surface area contributed by atoms with Crippen LogP contribution in [0.2, 0.25) is 0 Å². The van der Waals surface area contributed by atoms with Crippen LogP contribution >= 0.6 is 11.3 Å². The lowest BCUT2D eigenvalue weighted by Gasteiger charge is -2.20. The highest BCUT2D eigenvalue weighted by Gasteiger charge is 2.14. The van der Waals surface area contributed by atoms with Crippen LogP contribution in [0.5, 0.6) is 0 Å². The Bertz CT molecular complexity index is 720. The molecule has 4 nitrogen and oxygen atoms in total. The number of amides is 2. The molecule has 2 rings (SSSR count). The van der Waals surface area contributed by atoms with Gasteiger partial charge in [-0.15, -0.1) is 11.3 Å². The number of nitrogens with zero attached hydrogens (tertiary/aromatic N) is 1. The van der Waals surface area contributed by atoms with Crippen molar-refractivity contribution in [3.05, 3.63) is 57.8 Å². The Balaban J connectivity index is 1.75. The van der Waals surface area contributed by atoms with E-state index in [4.69, 9.17) is 0 Å². The van der Waals surface area contributed by atoms with Gasteiger partial charge in [-0.3, -0.25) is 9.59 Å². The molecule has 0 bridgehead atoms. The molecule has 0 saturated carbocycles. The van der Waals surface area contributed by atoms with E-state index < -0.39 is 17.5 Å². The summed E-state index contributed by atoms with van der Waals surface area (Å²) >= 11 is 1.60. The largest absolute Gasteiger partial charge is 0.352 e. The van der Waals surface area contributed by atoms with Gasteiger partial charge in [0, 0.05) is 30.5 Å². The molecule has 2 aromatic rings. The minimum Gasteiger partial charge on any atom is -0.352 e. The van der Waals surface area contributed by atoms with Gasteiger partial charge in [0.15, 0.2) is 0 Å². The van der Waals surface area contributed by atoms with Gasteiger partial charge < -0.3 is 10.2 Å². The van der Waals surface area contributed by atoms with Crippen LogP contribution in [0.1, 0.15) is 35.0 Å². The minimum absolute atomic E-state index is 0.0121. The first-order valence-electron chi connectivity index (χ1n) is 8.04. The molecule has 0 radical (unpaired) electrons. The fourth-order valence-corrected chi connectivity index (χ4v) is 3.05. The van der Waals surface area contributed by atoms with Gasteiger partial charge in [-0.25, -0.2) is 8.78 Å². The van der Waals surface area contributed by atoms with E-state index in [-0.39, 0.29) is 18.0 Å². The average molecular weight is 366 g/mol. The predicted molar refractivity (Wildman–Crippen MR) is 93.3 cm³/mol. The molecule has 7 heteroatoms. The summed E-state index contributed by atoms with van der Waals surface area (Å²) in [5.74, 6) is -2.24. The lowest BCUT2D eigenvalue weighted by atomic mass is 10.2. The van der Waals surface area contributed by atoms with Crippen molar-refractivity contribution >= 4 is 23.2 Å². The number of hydrogen-bond donors (Lipinski definition) is 1. The zero-order chi connectivity index (χ0) is 18.2. The van der Waals surface area contributed by atoms with Gasteiger partial charge in [0.05, 0.1) is 12.1 Å². The molecule has 2 amide bonds. The maximum atomic E-state index is 13.5. The lowest BCUT2D eigenvalue weighted by molar-refractivity contribution is -0.131. The minimum atomic E-state index is -0.901. The van der Waals surface area contributed by atoms with Crippen molar-refractivity contribution in [2.24, 2.45) is 0 Å². The molecule has 0 unspecified atom stereocenters. The van der Waals surface area contributed by atoms with E-state index >= 15 is 0 Å².